The highest BCUT2D eigenvalue weighted by molar-refractivity contribution is 5.99. The van der Waals surface area contributed by atoms with Crippen LogP contribution >= 0.6 is 0 Å². The highest BCUT2D eigenvalue weighted by Crippen LogP contribution is 2.42. The number of carbonyl (C=O) groups is 1. The summed E-state index contributed by atoms with van der Waals surface area (Å²) in [6.07, 6.45) is 3.71. The van der Waals surface area contributed by atoms with E-state index in [0.29, 0.717) is 5.84 Å². The first kappa shape index (κ1) is 21.0. The third-order valence-corrected chi connectivity index (χ3v) is 7.26. The predicted molar refractivity (Wildman–Crippen MR) is 125 cm³/mol. The molecule has 1 N–H and O–H groups in total. The molecule has 0 bridgehead atoms. The highest BCUT2D eigenvalue weighted by atomic mass is 19.1. The third-order valence-electron chi connectivity index (χ3n) is 7.26. The second-order valence-corrected chi connectivity index (χ2v) is 9.78. The Hall–Kier alpha value is -2.89. The lowest BCUT2D eigenvalue weighted by molar-refractivity contribution is -0.0623. The van der Waals surface area contributed by atoms with E-state index in [4.69, 9.17) is 5.41 Å². The van der Waals surface area contributed by atoms with E-state index in [1.54, 1.807) is 12.1 Å². The fraction of sp³-hybridized carbons (Fsp3) is 0.462. The molecule has 6 heteroatoms. The van der Waals surface area contributed by atoms with E-state index in [1.807, 2.05) is 28.0 Å². The van der Waals surface area contributed by atoms with E-state index in [1.165, 1.54) is 11.6 Å². The summed E-state index contributed by atoms with van der Waals surface area (Å²) in [6.45, 7) is 7.34. The number of urea groups is 1. The summed E-state index contributed by atoms with van der Waals surface area (Å²) in [4.78, 5) is 19.2. The molecule has 32 heavy (non-hydrogen) atoms. The first-order valence-corrected chi connectivity index (χ1v) is 11.7. The average molecular weight is 435 g/mol. The van der Waals surface area contributed by atoms with Gasteiger partial charge >= 0.3 is 6.03 Å². The molecule has 3 aliphatic rings. The minimum absolute atomic E-state index is 0.0255. The quantitative estimate of drug-likeness (QED) is 0.563. The molecule has 2 aromatic rings. The van der Waals surface area contributed by atoms with Crippen LogP contribution in [0.15, 0.2) is 42.5 Å². The van der Waals surface area contributed by atoms with Crippen LogP contribution in [0.2, 0.25) is 0 Å². The number of anilines is 1. The molecule has 1 unspecified atom stereocenters. The predicted octanol–water partition coefficient (Wildman–Crippen LogP) is 4.68. The Morgan fingerprint density at radius 2 is 1.84 bits per heavy atom. The van der Waals surface area contributed by atoms with E-state index >= 15 is 0 Å². The van der Waals surface area contributed by atoms with Gasteiger partial charge in [-0.05, 0) is 55.5 Å². The lowest BCUT2D eigenvalue weighted by atomic mass is 9.72. The van der Waals surface area contributed by atoms with Gasteiger partial charge in [0.25, 0.3) is 0 Å². The average Bonchev–Trinajstić information content (AvgIpc) is 2.72. The van der Waals surface area contributed by atoms with Gasteiger partial charge in [-0.2, -0.15) is 0 Å². The summed E-state index contributed by atoms with van der Waals surface area (Å²) in [5.41, 5.74) is 4.14. The van der Waals surface area contributed by atoms with Gasteiger partial charge in [-0.25, -0.2) is 9.18 Å². The van der Waals surface area contributed by atoms with Crippen LogP contribution in [-0.4, -0.2) is 53.9 Å². The topological polar surface area (TPSA) is 50.6 Å². The summed E-state index contributed by atoms with van der Waals surface area (Å²) in [6, 6.07) is 13.1. The number of fused-ring (bicyclic) bond motifs is 1. The van der Waals surface area contributed by atoms with Crippen molar-refractivity contribution in [3.05, 3.63) is 65.0 Å². The molecular formula is C26H31FN4O. The van der Waals surface area contributed by atoms with Crippen LogP contribution in [0.5, 0.6) is 0 Å². The molecule has 0 aliphatic carbocycles. The van der Waals surface area contributed by atoms with Crippen molar-refractivity contribution in [2.75, 3.05) is 31.1 Å². The summed E-state index contributed by atoms with van der Waals surface area (Å²) in [5, 5.41) is 8.71. The van der Waals surface area contributed by atoms with Gasteiger partial charge in [-0.15, -0.1) is 0 Å². The molecule has 5 nitrogen and oxygen atoms in total. The number of carbonyl (C=O) groups excluding carboxylic acids is 1. The maximum Gasteiger partial charge on any atom is 0.324 e. The molecule has 5 rings (SSSR count). The summed E-state index contributed by atoms with van der Waals surface area (Å²) >= 11 is 0. The lowest BCUT2D eigenvalue weighted by Gasteiger charge is -2.61. The maximum atomic E-state index is 13.7. The molecule has 3 aliphatic heterocycles. The Bertz CT molecular complexity index is 1050. The zero-order valence-corrected chi connectivity index (χ0v) is 18.9. The lowest BCUT2D eigenvalue weighted by Crippen LogP contribution is -2.75. The van der Waals surface area contributed by atoms with Crippen molar-refractivity contribution in [1.82, 2.24) is 9.80 Å². The van der Waals surface area contributed by atoms with E-state index < -0.39 is 0 Å². The van der Waals surface area contributed by atoms with Gasteiger partial charge in [0, 0.05) is 48.9 Å². The molecule has 1 spiro atoms. The van der Waals surface area contributed by atoms with Gasteiger partial charge in [0.1, 0.15) is 11.7 Å². The molecule has 0 radical (unpaired) electrons. The van der Waals surface area contributed by atoms with Gasteiger partial charge in [0.05, 0.1) is 0 Å². The molecule has 168 valence electrons. The standard InChI is InChI=1S/C26H31FN4O/c1-3-6-19-7-4-5-8-22(19)24(28)29-14-26(15-29)16-30(17-26)25(32)31-18(2)9-10-20-13-21(27)11-12-23(20)31/h4-5,7-8,11-13,18,28H,3,6,9-10,14-17H2,1-2H3. The Balaban J connectivity index is 1.22. The Labute approximate surface area is 189 Å². The second kappa shape index (κ2) is 7.91. The number of nitrogens with one attached hydrogen (secondary N) is 1. The minimum Gasteiger partial charge on any atom is -0.355 e. The van der Waals surface area contributed by atoms with E-state index in [2.05, 4.69) is 24.8 Å². The van der Waals surface area contributed by atoms with Crippen molar-refractivity contribution >= 4 is 17.6 Å². The van der Waals surface area contributed by atoms with Crippen molar-refractivity contribution in [3.63, 3.8) is 0 Å². The SMILES string of the molecule is CCCc1ccccc1C(=N)N1CC2(C1)CN(C(=O)N1c3ccc(F)cc3CCC1C)C2. The van der Waals surface area contributed by atoms with Crippen LogP contribution in [-0.2, 0) is 12.8 Å². The fourth-order valence-corrected chi connectivity index (χ4v) is 5.59. The number of amidine groups is 1. The normalized spacial score (nSPS) is 21.1. The van der Waals surface area contributed by atoms with Gasteiger partial charge in [0.2, 0.25) is 0 Å². The number of hydrogen-bond donors (Lipinski definition) is 1. The molecule has 2 fully saturated rings. The molecular weight excluding hydrogens is 403 g/mol. The Morgan fingerprint density at radius 3 is 2.59 bits per heavy atom. The van der Waals surface area contributed by atoms with Gasteiger partial charge in [0.15, 0.2) is 0 Å². The number of halogens is 1. The van der Waals surface area contributed by atoms with Gasteiger partial charge in [-0.3, -0.25) is 10.3 Å². The van der Waals surface area contributed by atoms with Crippen molar-refractivity contribution in [2.45, 2.75) is 45.6 Å². The number of rotatable bonds is 3. The second-order valence-electron chi connectivity index (χ2n) is 9.78. The van der Waals surface area contributed by atoms with E-state index in [-0.39, 0.29) is 23.3 Å². The zero-order valence-electron chi connectivity index (χ0n) is 18.9. The van der Waals surface area contributed by atoms with Crippen LogP contribution in [0.4, 0.5) is 14.9 Å². The summed E-state index contributed by atoms with van der Waals surface area (Å²) < 4.78 is 13.7. The minimum atomic E-state index is -0.244. The highest BCUT2D eigenvalue weighted by Gasteiger charge is 2.55. The molecule has 0 saturated carbocycles. The monoisotopic (exact) mass is 434 g/mol. The smallest absolute Gasteiger partial charge is 0.324 e. The van der Waals surface area contributed by atoms with Crippen LogP contribution in [0, 0.1) is 16.6 Å². The van der Waals surface area contributed by atoms with Gasteiger partial charge in [-0.1, -0.05) is 37.6 Å². The van der Waals surface area contributed by atoms with Crippen LogP contribution in [0.1, 0.15) is 43.4 Å². The Morgan fingerprint density at radius 1 is 1.12 bits per heavy atom. The number of aryl methyl sites for hydroxylation is 2. The van der Waals surface area contributed by atoms with Crippen LogP contribution in [0.3, 0.4) is 0 Å². The Kier molecular flexibility index (Phi) is 5.19. The van der Waals surface area contributed by atoms with Gasteiger partial charge < -0.3 is 9.80 Å². The van der Waals surface area contributed by atoms with Crippen molar-refractivity contribution in [1.29, 1.82) is 5.41 Å². The molecule has 2 amide bonds. The maximum absolute atomic E-state index is 13.7. The van der Waals surface area contributed by atoms with Crippen LogP contribution < -0.4 is 4.90 Å². The number of benzene rings is 2. The molecule has 2 aromatic carbocycles. The zero-order chi connectivity index (χ0) is 22.5. The molecule has 1 atom stereocenters. The summed E-state index contributed by atoms with van der Waals surface area (Å²) in [7, 11) is 0. The first-order valence-electron chi connectivity index (χ1n) is 11.7. The van der Waals surface area contributed by atoms with Crippen LogP contribution in [0.25, 0.3) is 0 Å². The van der Waals surface area contributed by atoms with Crippen molar-refractivity contribution < 1.29 is 9.18 Å². The largest absolute Gasteiger partial charge is 0.355 e. The number of nitrogens with zero attached hydrogens (tertiary/aromatic N) is 3. The summed E-state index contributed by atoms with van der Waals surface area (Å²) in [5.74, 6) is 0.358. The molecule has 0 aromatic heterocycles. The van der Waals surface area contributed by atoms with Crippen molar-refractivity contribution in [3.8, 4) is 0 Å². The fourth-order valence-electron chi connectivity index (χ4n) is 5.59. The third kappa shape index (κ3) is 3.46. The number of hydrogen-bond acceptors (Lipinski definition) is 2. The molecule has 2 saturated heterocycles. The van der Waals surface area contributed by atoms with E-state index in [9.17, 15) is 9.18 Å². The molecule has 3 heterocycles. The number of amides is 2. The first-order chi connectivity index (χ1) is 15.4. The number of likely N-dealkylation sites (tertiary alicyclic amines) is 2. The van der Waals surface area contributed by atoms with E-state index in [0.717, 1.165) is 68.7 Å². The van der Waals surface area contributed by atoms with Crippen molar-refractivity contribution in [2.24, 2.45) is 5.41 Å².